The van der Waals surface area contributed by atoms with Gasteiger partial charge < -0.3 is 20.1 Å². The summed E-state index contributed by atoms with van der Waals surface area (Å²) in [6.07, 6.45) is 0.277. The van der Waals surface area contributed by atoms with Crippen molar-refractivity contribution in [1.29, 1.82) is 0 Å². The van der Waals surface area contributed by atoms with E-state index in [9.17, 15) is 14.7 Å². The Balaban J connectivity index is 2.46. The molecule has 0 aromatic heterocycles. The molecule has 0 bridgehead atoms. The number of carbonyl (C=O) groups is 2. The summed E-state index contributed by atoms with van der Waals surface area (Å²) in [5.74, 6) is -1.28. The zero-order valence-corrected chi connectivity index (χ0v) is 12.1. The molecule has 0 unspecified atom stereocenters. The molecule has 0 radical (unpaired) electrons. The van der Waals surface area contributed by atoms with Crippen LogP contribution >= 0.6 is 0 Å². The van der Waals surface area contributed by atoms with Crippen LogP contribution in [0, 0.1) is 11.8 Å². The third-order valence-electron chi connectivity index (χ3n) is 3.18. The van der Waals surface area contributed by atoms with Crippen LogP contribution in [0.3, 0.4) is 0 Å². The Hall–Kier alpha value is -1.30. The average Bonchev–Trinajstić information content (AvgIpc) is 2.24. The molecule has 110 valence electrons. The van der Waals surface area contributed by atoms with Crippen LogP contribution in [-0.4, -0.2) is 54.4 Å². The maximum atomic E-state index is 11.6. The number of carbonyl (C=O) groups excluding carboxylic acids is 1. The van der Waals surface area contributed by atoms with Crippen molar-refractivity contribution in [2.75, 3.05) is 26.7 Å². The first-order valence-corrected chi connectivity index (χ1v) is 6.57. The summed E-state index contributed by atoms with van der Waals surface area (Å²) in [6, 6.07) is 0. The summed E-state index contributed by atoms with van der Waals surface area (Å²) in [6.45, 7) is 7.10. The minimum absolute atomic E-state index is 0.0405. The fourth-order valence-corrected chi connectivity index (χ4v) is 2.22. The first kappa shape index (κ1) is 15.8. The summed E-state index contributed by atoms with van der Waals surface area (Å²) in [4.78, 5) is 24.8. The first-order chi connectivity index (χ1) is 8.69. The summed E-state index contributed by atoms with van der Waals surface area (Å²) in [5, 5.41) is 11.9. The van der Waals surface area contributed by atoms with Crippen LogP contribution in [0.15, 0.2) is 0 Å². The lowest BCUT2D eigenvalue weighted by atomic mass is 9.85. The average molecular weight is 272 g/mol. The number of aliphatic carboxylic acids is 1. The van der Waals surface area contributed by atoms with Crippen LogP contribution in [0.25, 0.3) is 0 Å². The fraction of sp³-hybridized carbons (Fsp3) is 0.846. The molecule has 1 aliphatic heterocycles. The number of ether oxygens (including phenoxy) is 1. The van der Waals surface area contributed by atoms with E-state index in [-0.39, 0.29) is 5.92 Å². The molecule has 1 heterocycles. The molecular formula is C13H24N2O4. The molecule has 0 aliphatic carbocycles. The normalized spacial score (nSPS) is 24.8. The van der Waals surface area contributed by atoms with Crippen molar-refractivity contribution in [2.45, 2.75) is 32.8 Å². The van der Waals surface area contributed by atoms with E-state index in [0.717, 1.165) is 13.0 Å². The van der Waals surface area contributed by atoms with Crippen LogP contribution < -0.4 is 5.32 Å². The van der Waals surface area contributed by atoms with E-state index in [2.05, 4.69) is 5.32 Å². The van der Waals surface area contributed by atoms with E-state index in [1.165, 1.54) is 0 Å². The van der Waals surface area contributed by atoms with Gasteiger partial charge in [-0.1, -0.05) is 0 Å². The zero-order valence-electron chi connectivity index (χ0n) is 12.1. The fourth-order valence-electron chi connectivity index (χ4n) is 2.22. The van der Waals surface area contributed by atoms with Crippen molar-refractivity contribution in [3.63, 3.8) is 0 Å². The van der Waals surface area contributed by atoms with Gasteiger partial charge in [0.05, 0.1) is 5.92 Å². The Kier molecular flexibility index (Phi) is 5.17. The smallest absolute Gasteiger partial charge is 0.407 e. The number of hydrogen-bond acceptors (Lipinski definition) is 4. The predicted octanol–water partition coefficient (Wildman–Crippen LogP) is 1.16. The summed E-state index contributed by atoms with van der Waals surface area (Å²) in [5.41, 5.74) is -0.539. The topological polar surface area (TPSA) is 78.9 Å². The summed E-state index contributed by atoms with van der Waals surface area (Å²) in [7, 11) is 1.91. The molecule has 0 saturated carbocycles. The lowest BCUT2D eigenvalue weighted by Crippen LogP contribution is -2.46. The molecule has 6 nitrogen and oxygen atoms in total. The standard InChI is InChI=1S/C13H24N2O4/c1-13(2,3)19-12(18)14-7-9-5-6-15(4)8-10(9)11(16)17/h9-10H,5-8H2,1-4H3,(H,14,18)(H,16,17)/t9-,10+/m0/s1. The molecule has 0 aromatic rings. The zero-order chi connectivity index (χ0) is 14.6. The number of alkyl carbamates (subject to hydrolysis) is 1. The second kappa shape index (κ2) is 6.23. The SMILES string of the molecule is CN1CC[C@@H](CNC(=O)OC(C)(C)C)[C@H](C(=O)O)C1. The van der Waals surface area contributed by atoms with E-state index in [0.29, 0.717) is 13.1 Å². The Morgan fingerprint density at radius 3 is 2.58 bits per heavy atom. The molecule has 2 atom stereocenters. The largest absolute Gasteiger partial charge is 0.481 e. The third-order valence-corrected chi connectivity index (χ3v) is 3.18. The number of piperidine rings is 1. The van der Waals surface area contributed by atoms with Gasteiger partial charge in [-0.25, -0.2) is 4.79 Å². The molecule has 0 aromatic carbocycles. The summed E-state index contributed by atoms with van der Waals surface area (Å²) < 4.78 is 5.14. The molecule has 1 rings (SSSR count). The highest BCUT2D eigenvalue weighted by molar-refractivity contribution is 5.71. The van der Waals surface area contributed by atoms with Crippen molar-refractivity contribution in [3.8, 4) is 0 Å². The van der Waals surface area contributed by atoms with Crippen molar-refractivity contribution in [2.24, 2.45) is 11.8 Å². The number of hydrogen-bond donors (Lipinski definition) is 2. The van der Waals surface area contributed by atoms with Crippen molar-refractivity contribution in [3.05, 3.63) is 0 Å². The number of amides is 1. The quantitative estimate of drug-likeness (QED) is 0.806. The number of rotatable bonds is 3. The van der Waals surface area contributed by atoms with E-state index in [1.54, 1.807) is 20.8 Å². The lowest BCUT2D eigenvalue weighted by molar-refractivity contribution is -0.145. The number of carboxylic acid groups (broad SMARTS) is 1. The number of nitrogens with one attached hydrogen (secondary N) is 1. The van der Waals surface area contributed by atoms with Crippen LogP contribution in [0.2, 0.25) is 0 Å². The van der Waals surface area contributed by atoms with Gasteiger partial charge in [0, 0.05) is 13.1 Å². The molecule has 2 N–H and O–H groups in total. The van der Waals surface area contributed by atoms with Crippen molar-refractivity contribution < 1.29 is 19.4 Å². The van der Waals surface area contributed by atoms with Gasteiger partial charge in [-0.2, -0.15) is 0 Å². The molecular weight excluding hydrogens is 248 g/mol. The van der Waals surface area contributed by atoms with Gasteiger partial charge in [-0.05, 0) is 46.7 Å². The summed E-state index contributed by atoms with van der Waals surface area (Å²) >= 11 is 0. The number of nitrogens with zero attached hydrogens (tertiary/aromatic N) is 1. The first-order valence-electron chi connectivity index (χ1n) is 6.57. The Bertz CT molecular complexity index is 338. The third kappa shape index (κ3) is 5.46. The van der Waals surface area contributed by atoms with Gasteiger partial charge in [0.25, 0.3) is 0 Å². The second-order valence-corrected chi connectivity index (χ2v) is 6.14. The monoisotopic (exact) mass is 272 g/mol. The maximum Gasteiger partial charge on any atom is 0.407 e. The maximum absolute atomic E-state index is 11.6. The van der Waals surface area contributed by atoms with Crippen molar-refractivity contribution in [1.82, 2.24) is 10.2 Å². The molecule has 19 heavy (non-hydrogen) atoms. The minimum atomic E-state index is -0.803. The highest BCUT2D eigenvalue weighted by Crippen LogP contribution is 2.22. The van der Waals surface area contributed by atoms with Crippen LogP contribution in [0.4, 0.5) is 4.79 Å². The van der Waals surface area contributed by atoms with Gasteiger partial charge in [-0.3, -0.25) is 4.79 Å². The van der Waals surface area contributed by atoms with Crippen LogP contribution in [0.1, 0.15) is 27.2 Å². The predicted molar refractivity (Wildman–Crippen MR) is 71.0 cm³/mol. The highest BCUT2D eigenvalue weighted by atomic mass is 16.6. The lowest BCUT2D eigenvalue weighted by Gasteiger charge is -2.34. The Labute approximate surface area is 114 Å². The second-order valence-electron chi connectivity index (χ2n) is 6.14. The molecule has 0 spiro atoms. The highest BCUT2D eigenvalue weighted by Gasteiger charge is 2.33. The van der Waals surface area contributed by atoms with Crippen molar-refractivity contribution >= 4 is 12.1 Å². The molecule has 1 fully saturated rings. The van der Waals surface area contributed by atoms with Gasteiger partial charge in [0.2, 0.25) is 0 Å². The van der Waals surface area contributed by atoms with Gasteiger partial charge in [-0.15, -0.1) is 0 Å². The van der Waals surface area contributed by atoms with Gasteiger partial charge in [0.1, 0.15) is 5.60 Å². The minimum Gasteiger partial charge on any atom is -0.481 e. The van der Waals surface area contributed by atoms with E-state index in [1.807, 2.05) is 11.9 Å². The van der Waals surface area contributed by atoms with E-state index >= 15 is 0 Å². The van der Waals surface area contributed by atoms with E-state index in [4.69, 9.17) is 4.74 Å². The molecule has 1 saturated heterocycles. The molecule has 6 heteroatoms. The Morgan fingerprint density at radius 1 is 1.42 bits per heavy atom. The van der Waals surface area contributed by atoms with Crippen LogP contribution in [-0.2, 0) is 9.53 Å². The van der Waals surface area contributed by atoms with E-state index < -0.39 is 23.6 Å². The van der Waals surface area contributed by atoms with Gasteiger partial charge >= 0.3 is 12.1 Å². The van der Waals surface area contributed by atoms with Crippen LogP contribution in [0.5, 0.6) is 0 Å². The number of likely N-dealkylation sites (tertiary alicyclic amines) is 1. The van der Waals surface area contributed by atoms with Gasteiger partial charge in [0.15, 0.2) is 0 Å². The molecule has 1 aliphatic rings. The number of carboxylic acids is 1. The Morgan fingerprint density at radius 2 is 2.05 bits per heavy atom. The molecule has 1 amide bonds.